The Morgan fingerprint density at radius 2 is 2.02 bits per heavy atom. The number of amides is 1. The Bertz CT molecular complexity index is 1090. The molecule has 0 radical (unpaired) electrons. The molecule has 1 amide bonds. The number of pyridine rings is 1. The van der Waals surface area contributed by atoms with Gasteiger partial charge in [-0.15, -0.1) is 0 Å². The van der Waals surface area contributed by atoms with Crippen LogP contribution in [0.25, 0.3) is 0 Å². The number of allylic oxidation sites excluding steroid dienone is 3. The summed E-state index contributed by atoms with van der Waals surface area (Å²) in [5, 5.41) is 21.9. The molecule has 41 heavy (non-hydrogen) atoms. The zero-order valence-electron chi connectivity index (χ0n) is 25.1. The number of likely N-dealkylation sites (N-methyl/N-ethyl adjacent to an activating group) is 1. The first-order valence-electron chi connectivity index (χ1n) is 14.6. The van der Waals surface area contributed by atoms with E-state index in [1.54, 1.807) is 24.1 Å². The van der Waals surface area contributed by atoms with Gasteiger partial charge in [-0.3, -0.25) is 9.78 Å². The maximum absolute atomic E-state index is 13.1. The van der Waals surface area contributed by atoms with E-state index in [9.17, 15) is 19.8 Å². The Labute approximate surface area is 244 Å². The molecule has 0 unspecified atom stereocenters. The van der Waals surface area contributed by atoms with Gasteiger partial charge in [0.05, 0.1) is 12.5 Å². The number of cyclic esters (lactones) is 1. The molecule has 6 atom stereocenters. The van der Waals surface area contributed by atoms with Crippen LogP contribution in [0.15, 0.2) is 60.3 Å². The molecule has 0 aliphatic carbocycles. The topological polar surface area (TPSA) is 112 Å². The fraction of sp³-hybridized carbons (Fsp3) is 0.594. The minimum atomic E-state index is -1.44. The van der Waals surface area contributed by atoms with Crippen molar-refractivity contribution < 1.29 is 29.3 Å². The van der Waals surface area contributed by atoms with Gasteiger partial charge in [-0.25, -0.2) is 4.79 Å². The second-order valence-corrected chi connectivity index (χ2v) is 11.7. The van der Waals surface area contributed by atoms with Gasteiger partial charge in [-0.2, -0.15) is 0 Å². The second kappa shape index (κ2) is 15.3. The third-order valence-corrected chi connectivity index (χ3v) is 7.89. The molecule has 9 nitrogen and oxygen atoms in total. The van der Waals surface area contributed by atoms with E-state index in [1.165, 1.54) is 0 Å². The number of carbonyl (C=O) groups is 2. The molecule has 1 fully saturated rings. The van der Waals surface area contributed by atoms with E-state index < -0.39 is 36.0 Å². The first kappa shape index (κ1) is 32.5. The third kappa shape index (κ3) is 10.1. The van der Waals surface area contributed by atoms with Crippen molar-refractivity contribution in [1.29, 1.82) is 0 Å². The van der Waals surface area contributed by atoms with Crippen LogP contribution in [0.1, 0.15) is 65.0 Å². The molecule has 0 saturated carbocycles. The third-order valence-electron chi connectivity index (χ3n) is 7.89. The molecule has 1 aromatic rings. The number of esters is 1. The Balaban J connectivity index is 1.81. The maximum atomic E-state index is 13.1. The standard InChI is InChI=1S/C32H47N3O6/c1-23(27-12-6-7-17-33-27)10-8-11-24(2)30-25(3)13-14-28(32(4,39)16-15-26(36)22-29(37)41-30)40-31(38)35-19-9-18-34(5)20-21-35/h6-8,10-14,17,23,25-26,28,30,36,39H,9,15-16,18-22H2,1-5H3/b10-8+,14-13-,24-11+/t23-,25+,26-,28+,30-,32-/m1/s1. The molecule has 1 aromatic heterocycles. The van der Waals surface area contributed by atoms with Gasteiger partial charge in [0.15, 0.2) is 6.10 Å². The van der Waals surface area contributed by atoms with Gasteiger partial charge < -0.3 is 29.5 Å². The summed E-state index contributed by atoms with van der Waals surface area (Å²) < 4.78 is 11.7. The minimum absolute atomic E-state index is 0.105. The summed E-state index contributed by atoms with van der Waals surface area (Å²) in [4.78, 5) is 34.1. The van der Waals surface area contributed by atoms with Gasteiger partial charge in [-0.05, 0) is 70.5 Å². The highest BCUT2D eigenvalue weighted by Crippen LogP contribution is 2.27. The molecule has 0 bridgehead atoms. The van der Waals surface area contributed by atoms with Crippen LogP contribution in [0.2, 0.25) is 0 Å². The molecular weight excluding hydrogens is 522 g/mol. The highest BCUT2D eigenvalue weighted by molar-refractivity contribution is 5.70. The fourth-order valence-electron chi connectivity index (χ4n) is 5.08. The first-order chi connectivity index (χ1) is 19.5. The number of hydrogen-bond acceptors (Lipinski definition) is 8. The van der Waals surface area contributed by atoms with E-state index in [-0.39, 0.29) is 31.1 Å². The monoisotopic (exact) mass is 569 g/mol. The van der Waals surface area contributed by atoms with Crippen molar-refractivity contribution in [1.82, 2.24) is 14.8 Å². The molecule has 9 heteroatoms. The highest BCUT2D eigenvalue weighted by Gasteiger charge is 2.36. The molecule has 2 N–H and O–H groups in total. The molecule has 0 spiro atoms. The zero-order chi connectivity index (χ0) is 30.0. The molecule has 226 valence electrons. The van der Waals surface area contributed by atoms with Gasteiger partial charge in [0.2, 0.25) is 0 Å². The Kier molecular flexibility index (Phi) is 12.1. The van der Waals surface area contributed by atoms with E-state index >= 15 is 0 Å². The number of aromatic nitrogens is 1. The van der Waals surface area contributed by atoms with Crippen LogP contribution in [0, 0.1) is 5.92 Å². The lowest BCUT2D eigenvalue weighted by Gasteiger charge is -2.34. The molecular formula is C32H47N3O6. The molecule has 2 aliphatic heterocycles. The SMILES string of the molecule is C/C(=C\C=C\[C@@H](C)c1ccccn1)[C@H]1OC(=O)C[C@H](O)CC[C@@](C)(O)[C@@H](OC(=O)N2CCCN(C)CC2)/C=C\[C@@H]1C. The predicted molar refractivity (Wildman–Crippen MR) is 158 cm³/mol. The Morgan fingerprint density at radius 3 is 2.76 bits per heavy atom. The number of rotatable bonds is 5. The summed E-state index contributed by atoms with van der Waals surface area (Å²) in [6.45, 7) is 10.3. The van der Waals surface area contributed by atoms with Crippen molar-refractivity contribution in [2.45, 2.75) is 83.2 Å². The summed E-state index contributed by atoms with van der Waals surface area (Å²) >= 11 is 0. The largest absolute Gasteiger partial charge is 0.457 e. The average molecular weight is 570 g/mol. The number of nitrogens with zero attached hydrogens (tertiary/aromatic N) is 3. The van der Waals surface area contributed by atoms with E-state index in [4.69, 9.17) is 9.47 Å². The van der Waals surface area contributed by atoms with Crippen molar-refractivity contribution in [2.24, 2.45) is 5.92 Å². The Morgan fingerprint density at radius 1 is 1.24 bits per heavy atom. The van der Waals surface area contributed by atoms with Crippen molar-refractivity contribution in [3.63, 3.8) is 0 Å². The van der Waals surface area contributed by atoms with Crippen LogP contribution in [0.3, 0.4) is 0 Å². The molecule has 0 aromatic carbocycles. The maximum Gasteiger partial charge on any atom is 0.410 e. The van der Waals surface area contributed by atoms with Gasteiger partial charge in [-0.1, -0.05) is 44.2 Å². The second-order valence-electron chi connectivity index (χ2n) is 11.7. The summed E-state index contributed by atoms with van der Waals surface area (Å²) in [7, 11) is 2.03. The van der Waals surface area contributed by atoms with Gasteiger partial charge in [0, 0.05) is 43.4 Å². The van der Waals surface area contributed by atoms with Gasteiger partial charge >= 0.3 is 12.1 Å². The van der Waals surface area contributed by atoms with Crippen LogP contribution in [0.5, 0.6) is 0 Å². The number of aliphatic hydroxyl groups is 2. The number of aliphatic hydroxyl groups excluding tert-OH is 1. The van der Waals surface area contributed by atoms with Crippen LogP contribution >= 0.6 is 0 Å². The smallest absolute Gasteiger partial charge is 0.410 e. The predicted octanol–water partition coefficient (Wildman–Crippen LogP) is 4.23. The lowest BCUT2D eigenvalue weighted by Crippen LogP contribution is -2.45. The van der Waals surface area contributed by atoms with Gasteiger partial charge in [0.25, 0.3) is 0 Å². The summed E-state index contributed by atoms with van der Waals surface area (Å²) in [5.41, 5.74) is 0.335. The fourth-order valence-corrected chi connectivity index (χ4v) is 5.08. The van der Waals surface area contributed by atoms with Crippen LogP contribution in [-0.2, 0) is 14.3 Å². The quantitative estimate of drug-likeness (QED) is 0.308. The van der Waals surface area contributed by atoms with Gasteiger partial charge in [0.1, 0.15) is 11.7 Å². The molecule has 3 rings (SSSR count). The van der Waals surface area contributed by atoms with E-state index in [1.807, 2.05) is 63.4 Å². The van der Waals surface area contributed by atoms with E-state index in [0.29, 0.717) is 13.1 Å². The minimum Gasteiger partial charge on any atom is -0.457 e. The van der Waals surface area contributed by atoms with E-state index in [2.05, 4.69) is 16.8 Å². The zero-order valence-corrected chi connectivity index (χ0v) is 25.1. The van der Waals surface area contributed by atoms with Crippen molar-refractivity contribution in [2.75, 3.05) is 33.2 Å². The number of hydrogen-bond donors (Lipinski definition) is 2. The summed E-state index contributed by atoms with van der Waals surface area (Å²) in [6, 6.07) is 5.81. The molecule has 1 saturated heterocycles. The number of ether oxygens (including phenoxy) is 2. The first-order valence-corrected chi connectivity index (χ1v) is 14.6. The highest BCUT2D eigenvalue weighted by atomic mass is 16.6. The lowest BCUT2D eigenvalue weighted by atomic mass is 9.88. The van der Waals surface area contributed by atoms with Crippen molar-refractivity contribution >= 4 is 12.1 Å². The van der Waals surface area contributed by atoms with Crippen molar-refractivity contribution in [3.8, 4) is 0 Å². The van der Waals surface area contributed by atoms with Crippen molar-refractivity contribution in [3.05, 3.63) is 66.0 Å². The van der Waals surface area contributed by atoms with Crippen LogP contribution in [-0.4, -0.2) is 94.2 Å². The molecule has 2 aliphatic rings. The molecule has 3 heterocycles. The van der Waals surface area contributed by atoms with Crippen LogP contribution < -0.4 is 0 Å². The number of carbonyl (C=O) groups excluding carboxylic acids is 2. The Hall–Kier alpha value is -3.01. The summed E-state index contributed by atoms with van der Waals surface area (Å²) in [6.07, 6.45) is 9.10. The normalized spacial score (nSPS) is 31.0. The van der Waals surface area contributed by atoms with Crippen LogP contribution in [0.4, 0.5) is 4.79 Å². The summed E-state index contributed by atoms with van der Waals surface area (Å²) in [5.74, 6) is -0.693. The van der Waals surface area contributed by atoms with E-state index in [0.717, 1.165) is 30.8 Å². The average Bonchev–Trinajstić information content (AvgIpc) is 3.16. The lowest BCUT2D eigenvalue weighted by molar-refractivity contribution is -0.151.